The molecule has 3 rings (SSSR count). The summed E-state index contributed by atoms with van der Waals surface area (Å²) in [5.41, 5.74) is 0.967. The molecular weight excluding hydrogens is 404 g/mol. The molecule has 1 heterocycles. The van der Waals surface area contributed by atoms with Crippen molar-refractivity contribution in [3.05, 3.63) is 78.3 Å². The highest BCUT2D eigenvalue weighted by Crippen LogP contribution is 2.17. The van der Waals surface area contributed by atoms with E-state index >= 15 is 0 Å². The van der Waals surface area contributed by atoms with Gasteiger partial charge in [-0.15, -0.1) is 0 Å². The molecule has 0 atom stereocenters. The number of anilines is 1. The summed E-state index contributed by atoms with van der Waals surface area (Å²) < 4.78 is 37.9. The minimum absolute atomic E-state index is 0.0602. The number of amides is 1. The predicted octanol–water partition coefficient (Wildman–Crippen LogP) is 4.05. The Hall–Kier alpha value is -3.10. The fourth-order valence-corrected chi connectivity index (χ4v) is 3.54. The Kier molecular flexibility index (Phi) is 6.91. The molecule has 0 radical (unpaired) electrons. The number of ether oxygens (including phenoxy) is 1. The molecule has 1 aromatic heterocycles. The Balaban J connectivity index is 1.58. The molecule has 7 nitrogen and oxygen atoms in total. The van der Waals surface area contributed by atoms with Crippen molar-refractivity contribution in [1.82, 2.24) is 4.72 Å². The molecule has 3 aromatic rings. The SMILES string of the molecule is CC(C)COc1ccc(C(=O)Nc2ccc(S(=O)(=O)NCc3ccco3)cc2)cc1. The standard InChI is InChI=1S/C22H24N2O5S/c1-16(2)15-29-19-9-5-17(6-10-19)22(25)24-18-7-11-21(12-8-18)30(26,27)23-14-20-4-3-13-28-20/h3-13,16,23H,14-15H2,1-2H3,(H,24,25). The average molecular weight is 429 g/mol. The lowest BCUT2D eigenvalue weighted by molar-refractivity contribution is 0.102. The van der Waals surface area contributed by atoms with E-state index in [1.165, 1.54) is 18.4 Å². The van der Waals surface area contributed by atoms with Crippen LogP contribution in [0.5, 0.6) is 5.75 Å². The van der Waals surface area contributed by atoms with Gasteiger partial charge in [0.25, 0.3) is 5.91 Å². The number of nitrogens with one attached hydrogen (secondary N) is 2. The summed E-state index contributed by atoms with van der Waals surface area (Å²) in [6.07, 6.45) is 1.48. The first-order chi connectivity index (χ1) is 14.3. The molecule has 0 bridgehead atoms. The zero-order valence-corrected chi connectivity index (χ0v) is 17.6. The van der Waals surface area contributed by atoms with Crippen LogP contribution in [-0.2, 0) is 16.6 Å². The van der Waals surface area contributed by atoms with Crippen LogP contribution in [0.2, 0.25) is 0 Å². The topological polar surface area (TPSA) is 97.6 Å². The van der Waals surface area contributed by atoms with Crippen molar-refractivity contribution in [3.8, 4) is 5.75 Å². The molecule has 0 aliphatic heterocycles. The van der Waals surface area contributed by atoms with Crippen LogP contribution in [0.1, 0.15) is 30.0 Å². The predicted molar refractivity (Wildman–Crippen MR) is 114 cm³/mol. The molecule has 30 heavy (non-hydrogen) atoms. The molecule has 0 fully saturated rings. The Labute approximate surface area is 176 Å². The maximum atomic E-state index is 12.4. The highest BCUT2D eigenvalue weighted by molar-refractivity contribution is 7.89. The molecule has 0 saturated carbocycles. The van der Waals surface area contributed by atoms with Crippen molar-refractivity contribution in [3.63, 3.8) is 0 Å². The van der Waals surface area contributed by atoms with Gasteiger partial charge in [-0.2, -0.15) is 0 Å². The quantitative estimate of drug-likeness (QED) is 0.536. The molecule has 158 valence electrons. The molecule has 1 amide bonds. The van der Waals surface area contributed by atoms with Crippen molar-refractivity contribution >= 4 is 21.6 Å². The van der Waals surface area contributed by atoms with Crippen LogP contribution < -0.4 is 14.8 Å². The van der Waals surface area contributed by atoms with Crippen LogP contribution in [0.4, 0.5) is 5.69 Å². The fraction of sp³-hybridized carbons (Fsp3) is 0.227. The number of hydrogen-bond donors (Lipinski definition) is 2. The Morgan fingerprint density at radius 1 is 1.03 bits per heavy atom. The van der Waals surface area contributed by atoms with Gasteiger partial charge in [-0.25, -0.2) is 13.1 Å². The maximum absolute atomic E-state index is 12.4. The maximum Gasteiger partial charge on any atom is 0.255 e. The van der Waals surface area contributed by atoms with Crippen molar-refractivity contribution in [1.29, 1.82) is 0 Å². The molecule has 8 heteroatoms. The van der Waals surface area contributed by atoms with Crippen molar-refractivity contribution in [2.45, 2.75) is 25.3 Å². The van der Waals surface area contributed by atoms with Crippen LogP contribution in [-0.4, -0.2) is 20.9 Å². The van der Waals surface area contributed by atoms with Crippen molar-refractivity contribution in [2.75, 3.05) is 11.9 Å². The number of benzene rings is 2. The summed E-state index contributed by atoms with van der Waals surface area (Å²) in [4.78, 5) is 12.5. The van der Waals surface area contributed by atoms with E-state index in [-0.39, 0.29) is 17.3 Å². The second-order valence-electron chi connectivity index (χ2n) is 7.11. The van der Waals surface area contributed by atoms with Gasteiger partial charge < -0.3 is 14.5 Å². The molecule has 2 N–H and O–H groups in total. The summed E-state index contributed by atoms with van der Waals surface area (Å²) in [5.74, 6) is 1.34. The van der Waals surface area contributed by atoms with E-state index in [1.54, 1.807) is 48.5 Å². The summed E-state index contributed by atoms with van der Waals surface area (Å²) >= 11 is 0. The Bertz CT molecular complexity index is 1060. The van der Waals surface area contributed by atoms with Crippen LogP contribution in [0.3, 0.4) is 0 Å². The average Bonchev–Trinajstić information content (AvgIpc) is 3.25. The van der Waals surface area contributed by atoms with E-state index < -0.39 is 10.0 Å². The molecule has 0 aliphatic rings. The largest absolute Gasteiger partial charge is 0.493 e. The van der Waals surface area contributed by atoms with Crippen LogP contribution in [0, 0.1) is 5.92 Å². The first-order valence-electron chi connectivity index (χ1n) is 9.50. The van der Waals surface area contributed by atoms with Gasteiger partial charge in [-0.3, -0.25) is 4.79 Å². The zero-order chi connectivity index (χ0) is 21.6. The third kappa shape index (κ3) is 5.95. The summed E-state index contributed by atoms with van der Waals surface area (Å²) in [7, 11) is -3.69. The van der Waals surface area contributed by atoms with E-state index in [2.05, 4.69) is 23.9 Å². The van der Waals surface area contributed by atoms with E-state index in [1.807, 2.05) is 0 Å². The zero-order valence-electron chi connectivity index (χ0n) is 16.8. The van der Waals surface area contributed by atoms with Gasteiger partial charge >= 0.3 is 0 Å². The molecule has 0 spiro atoms. The Morgan fingerprint density at radius 2 is 1.73 bits per heavy atom. The fourth-order valence-electron chi connectivity index (χ4n) is 2.55. The number of rotatable bonds is 9. The lowest BCUT2D eigenvalue weighted by Crippen LogP contribution is -2.23. The smallest absolute Gasteiger partial charge is 0.255 e. The monoisotopic (exact) mass is 428 g/mol. The second kappa shape index (κ2) is 9.60. The van der Waals surface area contributed by atoms with E-state index in [0.29, 0.717) is 35.3 Å². The van der Waals surface area contributed by atoms with Gasteiger partial charge in [0.2, 0.25) is 10.0 Å². The van der Waals surface area contributed by atoms with Gasteiger partial charge in [0.1, 0.15) is 11.5 Å². The van der Waals surface area contributed by atoms with Gasteiger partial charge in [-0.1, -0.05) is 13.8 Å². The lowest BCUT2D eigenvalue weighted by Gasteiger charge is -2.10. The van der Waals surface area contributed by atoms with Gasteiger partial charge in [0, 0.05) is 11.3 Å². The van der Waals surface area contributed by atoms with Crippen LogP contribution in [0.25, 0.3) is 0 Å². The highest BCUT2D eigenvalue weighted by atomic mass is 32.2. The third-order valence-electron chi connectivity index (χ3n) is 4.14. The first kappa shape index (κ1) is 21.6. The van der Waals surface area contributed by atoms with Crippen molar-refractivity contribution < 1.29 is 22.4 Å². The van der Waals surface area contributed by atoms with E-state index in [9.17, 15) is 13.2 Å². The molecule has 2 aromatic carbocycles. The summed E-state index contributed by atoms with van der Waals surface area (Å²) in [6.45, 7) is 4.79. The minimum atomic E-state index is -3.69. The van der Waals surface area contributed by atoms with E-state index in [0.717, 1.165) is 0 Å². The van der Waals surface area contributed by atoms with Crippen molar-refractivity contribution in [2.24, 2.45) is 5.92 Å². The van der Waals surface area contributed by atoms with Gasteiger partial charge in [-0.05, 0) is 66.6 Å². The highest BCUT2D eigenvalue weighted by Gasteiger charge is 2.15. The summed E-state index contributed by atoms with van der Waals surface area (Å²) in [6, 6.07) is 16.2. The first-order valence-corrected chi connectivity index (χ1v) is 11.0. The van der Waals surface area contributed by atoms with Gasteiger partial charge in [0.15, 0.2) is 0 Å². The number of sulfonamides is 1. The van der Waals surface area contributed by atoms with Gasteiger partial charge in [0.05, 0.1) is 24.3 Å². The third-order valence-corrected chi connectivity index (χ3v) is 5.56. The number of hydrogen-bond acceptors (Lipinski definition) is 5. The Morgan fingerprint density at radius 3 is 2.33 bits per heavy atom. The molecule has 0 saturated heterocycles. The molecular formula is C22H24N2O5S. The molecule has 0 unspecified atom stereocenters. The number of carbonyl (C=O) groups is 1. The van der Waals surface area contributed by atoms with Crippen LogP contribution >= 0.6 is 0 Å². The number of carbonyl (C=O) groups excluding carboxylic acids is 1. The minimum Gasteiger partial charge on any atom is -0.493 e. The normalized spacial score (nSPS) is 11.4. The molecule has 0 aliphatic carbocycles. The van der Waals surface area contributed by atoms with E-state index in [4.69, 9.17) is 9.15 Å². The lowest BCUT2D eigenvalue weighted by atomic mass is 10.2. The van der Waals surface area contributed by atoms with Crippen LogP contribution in [0.15, 0.2) is 76.2 Å². The summed E-state index contributed by atoms with van der Waals surface area (Å²) in [5, 5.41) is 2.75. The number of furan rings is 1. The second-order valence-corrected chi connectivity index (χ2v) is 8.88.